The van der Waals surface area contributed by atoms with Crippen LogP contribution in [0, 0.1) is 0 Å². The molecule has 0 aromatic heterocycles. The van der Waals surface area contributed by atoms with Crippen LogP contribution in [0.2, 0.25) is 0 Å². The van der Waals surface area contributed by atoms with Crippen LogP contribution in [0.4, 0.5) is 13.2 Å². The number of rotatable bonds is 7. The van der Waals surface area contributed by atoms with Crippen LogP contribution in [0.1, 0.15) is 16.7 Å². The first kappa shape index (κ1) is 21.0. The molecule has 7 heteroatoms. The van der Waals surface area contributed by atoms with Gasteiger partial charge in [0.1, 0.15) is 11.5 Å². The summed E-state index contributed by atoms with van der Waals surface area (Å²) in [6, 6.07) is 13.0. The molecule has 3 nitrogen and oxygen atoms in total. The summed E-state index contributed by atoms with van der Waals surface area (Å²) in [6.07, 6.45) is -3.48. The molecule has 2 aromatic rings. The largest absolute Gasteiger partial charge is 0.573 e. The Hall–Kier alpha value is -2.05. The standard InChI is InChI=1S/C18H18F3NO2.ClH/c19-18(20,21)24-17-7-5-15(6-8-17)12-16(23)11-14-3-1-13(2-4-14)9-10-22;/h1-8H,9-12,22H2;1H. The minimum absolute atomic E-state index is 0. The van der Waals surface area contributed by atoms with Crippen LogP contribution in [-0.4, -0.2) is 18.7 Å². The van der Waals surface area contributed by atoms with E-state index in [1.807, 2.05) is 24.3 Å². The van der Waals surface area contributed by atoms with E-state index in [-0.39, 0.29) is 36.8 Å². The van der Waals surface area contributed by atoms with Crippen molar-refractivity contribution in [3.63, 3.8) is 0 Å². The van der Waals surface area contributed by atoms with Crippen molar-refractivity contribution in [1.82, 2.24) is 0 Å². The first-order valence-corrected chi connectivity index (χ1v) is 7.50. The lowest BCUT2D eigenvalue weighted by molar-refractivity contribution is -0.274. The van der Waals surface area contributed by atoms with E-state index in [4.69, 9.17) is 5.73 Å². The fourth-order valence-corrected chi connectivity index (χ4v) is 2.32. The van der Waals surface area contributed by atoms with E-state index in [0.29, 0.717) is 12.1 Å². The minimum atomic E-state index is -4.71. The van der Waals surface area contributed by atoms with Gasteiger partial charge >= 0.3 is 6.36 Å². The molecule has 0 aliphatic heterocycles. The van der Waals surface area contributed by atoms with Crippen molar-refractivity contribution in [3.05, 3.63) is 65.2 Å². The third-order valence-electron chi connectivity index (χ3n) is 3.42. The van der Waals surface area contributed by atoms with Gasteiger partial charge in [0.25, 0.3) is 0 Å². The van der Waals surface area contributed by atoms with Crippen LogP contribution in [0.25, 0.3) is 0 Å². The lowest BCUT2D eigenvalue weighted by atomic mass is 10.0. The Morgan fingerprint density at radius 3 is 1.76 bits per heavy atom. The number of ketones is 1. The number of nitrogens with two attached hydrogens (primary N) is 1. The summed E-state index contributed by atoms with van der Waals surface area (Å²) in [5.74, 6) is -0.305. The van der Waals surface area contributed by atoms with Crippen molar-refractivity contribution in [1.29, 1.82) is 0 Å². The molecule has 0 aliphatic carbocycles. The molecule has 0 amide bonds. The number of halogens is 4. The highest BCUT2D eigenvalue weighted by Gasteiger charge is 2.30. The topological polar surface area (TPSA) is 52.3 Å². The summed E-state index contributed by atoms with van der Waals surface area (Å²) in [4.78, 5) is 12.1. The fraction of sp³-hybridized carbons (Fsp3) is 0.278. The van der Waals surface area contributed by atoms with E-state index in [1.165, 1.54) is 24.3 Å². The number of carbonyl (C=O) groups excluding carboxylic acids is 1. The van der Waals surface area contributed by atoms with E-state index in [9.17, 15) is 18.0 Å². The number of ether oxygens (including phenoxy) is 1. The van der Waals surface area contributed by atoms with Gasteiger partial charge in [0, 0.05) is 12.8 Å². The second-order valence-electron chi connectivity index (χ2n) is 5.44. The zero-order valence-corrected chi connectivity index (χ0v) is 14.2. The molecule has 25 heavy (non-hydrogen) atoms. The quantitative estimate of drug-likeness (QED) is 0.801. The van der Waals surface area contributed by atoms with Crippen molar-refractivity contribution >= 4 is 18.2 Å². The molecular weight excluding hydrogens is 355 g/mol. The highest BCUT2D eigenvalue weighted by atomic mass is 35.5. The molecule has 0 saturated carbocycles. The summed E-state index contributed by atoms with van der Waals surface area (Å²) in [7, 11) is 0. The van der Waals surface area contributed by atoms with E-state index in [1.54, 1.807) is 0 Å². The molecular formula is C18H19ClF3NO2. The predicted octanol–water partition coefficient (Wildman–Crippen LogP) is 3.86. The molecule has 0 bridgehead atoms. The molecule has 2 rings (SSSR count). The molecule has 0 aliphatic rings. The molecule has 2 aromatic carbocycles. The third-order valence-corrected chi connectivity index (χ3v) is 3.42. The Labute approximate surface area is 150 Å². The Balaban J connectivity index is 0.00000312. The van der Waals surface area contributed by atoms with Gasteiger partial charge in [-0.15, -0.1) is 25.6 Å². The van der Waals surface area contributed by atoms with E-state index >= 15 is 0 Å². The fourth-order valence-electron chi connectivity index (χ4n) is 2.32. The number of hydrogen-bond donors (Lipinski definition) is 1. The molecule has 0 unspecified atom stereocenters. The van der Waals surface area contributed by atoms with Crippen LogP contribution < -0.4 is 10.5 Å². The smallest absolute Gasteiger partial charge is 0.406 e. The van der Waals surface area contributed by atoms with E-state index in [2.05, 4.69) is 4.74 Å². The molecule has 0 fully saturated rings. The molecule has 0 atom stereocenters. The average Bonchev–Trinajstić information content (AvgIpc) is 2.50. The van der Waals surface area contributed by atoms with Crippen LogP contribution in [-0.2, 0) is 24.1 Å². The highest BCUT2D eigenvalue weighted by Crippen LogP contribution is 2.23. The van der Waals surface area contributed by atoms with Crippen LogP contribution >= 0.6 is 12.4 Å². The third kappa shape index (κ3) is 7.58. The summed E-state index contributed by atoms with van der Waals surface area (Å²) in [5.41, 5.74) is 8.15. The van der Waals surface area contributed by atoms with Gasteiger partial charge in [0.15, 0.2) is 0 Å². The Morgan fingerprint density at radius 2 is 1.32 bits per heavy atom. The van der Waals surface area contributed by atoms with Gasteiger partial charge in [-0.05, 0) is 41.8 Å². The average molecular weight is 374 g/mol. The van der Waals surface area contributed by atoms with Gasteiger partial charge < -0.3 is 10.5 Å². The monoisotopic (exact) mass is 373 g/mol. The van der Waals surface area contributed by atoms with Crippen LogP contribution in [0.3, 0.4) is 0 Å². The first-order chi connectivity index (χ1) is 11.4. The van der Waals surface area contributed by atoms with Crippen molar-refractivity contribution in [2.45, 2.75) is 25.6 Å². The van der Waals surface area contributed by atoms with Gasteiger partial charge in [-0.3, -0.25) is 4.79 Å². The number of carbonyl (C=O) groups is 1. The summed E-state index contributed by atoms with van der Waals surface area (Å²) in [6.45, 7) is 0.576. The molecule has 0 saturated heterocycles. The lowest BCUT2D eigenvalue weighted by Crippen LogP contribution is -2.17. The zero-order valence-electron chi connectivity index (χ0n) is 13.4. The van der Waals surface area contributed by atoms with E-state index in [0.717, 1.165) is 17.5 Å². The Bertz CT molecular complexity index is 670. The van der Waals surface area contributed by atoms with Gasteiger partial charge in [-0.25, -0.2) is 0 Å². The number of alkyl halides is 3. The van der Waals surface area contributed by atoms with Gasteiger partial charge in [0.2, 0.25) is 0 Å². The molecule has 136 valence electrons. The number of benzene rings is 2. The normalized spacial score (nSPS) is 10.9. The summed E-state index contributed by atoms with van der Waals surface area (Å²) < 4.78 is 40.1. The second-order valence-corrected chi connectivity index (χ2v) is 5.44. The Morgan fingerprint density at radius 1 is 0.880 bits per heavy atom. The van der Waals surface area contributed by atoms with Crippen LogP contribution in [0.5, 0.6) is 5.75 Å². The first-order valence-electron chi connectivity index (χ1n) is 7.50. The summed E-state index contributed by atoms with van der Waals surface area (Å²) in [5, 5.41) is 0. The lowest BCUT2D eigenvalue weighted by Gasteiger charge is -2.09. The molecule has 2 N–H and O–H groups in total. The second kappa shape index (κ2) is 9.44. The van der Waals surface area contributed by atoms with Gasteiger partial charge in [-0.2, -0.15) is 0 Å². The number of Topliss-reactive ketones (excluding diaryl/α,β-unsaturated/α-hetero) is 1. The maximum absolute atomic E-state index is 12.1. The van der Waals surface area contributed by atoms with E-state index < -0.39 is 6.36 Å². The van der Waals surface area contributed by atoms with Crippen molar-refractivity contribution in [3.8, 4) is 5.75 Å². The van der Waals surface area contributed by atoms with Gasteiger partial charge in [-0.1, -0.05) is 36.4 Å². The predicted molar refractivity (Wildman–Crippen MR) is 92.0 cm³/mol. The van der Waals surface area contributed by atoms with Crippen molar-refractivity contribution in [2.75, 3.05) is 6.54 Å². The van der Waals surface area contributed by atoms with Gasteiger partial charge in [0.05, 0.1) is 0 Å². The minimum Gasteiger partial charge on any atom is -0.406 e. The summed E-state index contributed by atoms with van der Waals surface area (Å²) >= 11 is 0. The number of hydrogen-bond acceptors (Lipinski definition) is 3. The molecule has 0 spiro atoms. The molecule has 0 heterocycles. The van der Waals surface area contributed by atoms with Crippen molar-refractivity contribution < 1.29 is 22.7 Å². The highest BCUT2D eigenvalue weighted by molar-refractivity contribution is 5.85. The SMILES string of the molecule is Cl.NCCc1ccc(CC(=O)Cc2ccc(OC(F)(F)F)cc2)cc1. The molecule has 0 radical (unpaired) electrons. The van der Waals surface area contributed by atoms with Crippen LogP contribution in [0.15, 0.2) is 48.5 Å². The maximum Gasteiger partial charge on any atom is 0.573 e. The zero-order chi connectivity index (χ0) is 17.6. The maximum atomic E-state index is 12.1. The van der Waals surface area contributed by atoms with Crippen molar-refractivity contribution in [2.24, 2.45) is 5.73 Å². The Kier molecular flexibility index (Phi) is 7.93.